The van der Waals surface area contributed by atoms with Crippen LogP contribution in [0.1, 0.15) is 37.3 Å². The van der Waals surface area contributed by atoms with E-state index in [-0.39, 0.29) is 12.4 Å². The highest BCUT2D eigenvalue weighted by atomic mass is 19.1. The highest BCUT2D eigenvalue weighted by molar-refractivity contribution is 5.45. The summed E-state index contributed by atoms with van der Waals surface area (Å²) in [5.41, 5.74) is 2.56. The van der Waals surface area contributed by atoms with E-state index in [9.17, 15) is 8.78 Å². The molecule has 0 saturated heterocycles. The second kappa shape index (κ2) is 7.77. The SMILES string of the molecule is CCCCCc1ccc(NCc2cc(F)ccc2F)cc1. The fraction of sp³-hybridized carbons (Fsp3) is 0.333. The number of halogens is 2. The molecule has 1 N–H and O–H groups in total. The van der Waals surface area contributed by atoms with Gasteiger partial charge >= 0.3 is 0 Å². The first kappa shape index (κ1) is 15.5. The van der Waals surface area contributed by atoms with Gasteiger partial charge in [0.25, 0.3) is 0 Å². The molecule has 1 nitrogen and oxygen atoms in total. The Morgan fingerprint density at radius 3 is 2.43 bits per heavy atom. The summed E-state index contributed by atoms with van der Waals surface area (Å²) in [7, 11) is 0. The van der Waals surface area contributed by atoms with Crippen molar-refractivity contribution in [3.63, 3.8) is 0 Å². The molecule has 2 aromatic carbocycles. The Labute approximate surface area is 125 Å². The summed E-state index contributed by atoms with van der Waals surface area (Å²) in [6.45, 7) is 2.47. The van der Waals surface area contributed by atoms with E-state index in [4.69, 9.17) is 0 Å². The van der Waals surface area contributed by atoms with Crippen LogP contribution in [0.25, 0.3) is 0 Å². The second-order valence-corrected chi connectivity index (χ2v) is 5.24. The molecule has 0 aromatic heterocycles. The molecule has 21 heavy (non-hydrogen) atoms. The smallest absolute Gasteiger partial charge is 0.128 e. The third kappa shape index (κ3) is 4.85. The maximum atomic E-state index is 13.5. The molecular weight excluding hydrogens is 268 g/mol. The molecule has 0 heterocycles. The topological polar surface area (TPSA) is 12.0 Å². The average Bonchev–Trinajstić information content (AvgIpc) is 2.50. The standard InChI is InChI=1S/C18H21F2N/c1-2-3-4-5-14-6-9-17(10-7-14)21-13-15-12-16(19)8-11-18(15)20/h6-12,21H,2-5,13H2,1H3. The Hall–Kier alpha value is -1.90. The van der Waals surface area contributed by atoms with Crippen LogP contribution in [0.3, 0.4) is 0 Å². The van der Waals surface area contributed by atoms with Crippen LogP contribution in [0.4, 0.5) is 14.5 Å². The lowest BCUT2D eigenvalue weighted by Gasteiger charge is -2.09. The van der Waals surface area contributed by atoms with E-state index in [2.05, 4.69) is 24.4 Å². The monoisotopic (exact) mass is 289 g/mol. The number of anilines is 1. The van der Waals surface area contributed by atoms with Crippen molar-refractivity contribution in [2.45, 2.75) is 39.2 Å². The molecule has 0 aliphatic rings. The highest BCUT2D eigenvalue weighted by Gasteiger charge is 2.03. The molecule has 0 spiro atoms. The molecule has 2 aromatic rings. The normalized spacial score (nSPS) is 10.6. The van der Waals surface area contributed by atoms with Crippen molar-refractivity contribution in [3.05, 3.63) is 65.2 Å². The zero-order valence-corrected chi connectivity index (χ0v) is 12.3. The van der Waals surface area contributed by atoms with Crippen LogP contribution in [-0.4, -0.2) is 0 Å². The van der Waals surface area contributed by atoms with Gasteiger partial charge in [-0.15, -0.1) is 0 Å². The minimum atomic E-state index is -0.417. The summed E-state index contributed by atoms with van der Waals surface area (Å²) in [5.74, 6) is -0.806. The molecule has 0 bridgehead atoms. The van der Waals surface area contributed by atoms with E-state index in [1.165, 1.54) is 30.9 Å². The van der Waals surface area contributed by atoms with Gasteiger partial charge in [0.2, 0.25) is 0 Å². The summed E-state index contributed by atoms with van der Waals surface area (Å²) < 4.78 is 26.6. The van der Waals surface area contributed by atoms with Crippen LogP contribution in [-0.2, 0) is 13.0 Å². The van der Waals surface area contributed by atoms with Crippen LogP contribution >= 0.6 is 0 Å². The zero-order chi connectivity index (χ0) is 15.1. The van der Waals surface area contributed by atoms with Gasteiger partial charge < -0.3 is 5.32 Å². The van der Waals surface area contributed by atoms with Crippen molar-refractivity contribution in [1.82, 2.24) is 0 Å². The summed E-state index contributed by atoms with van der Waals surface area (Å²) in [6.07, 6.45) is 4.77. The molecule has 0 saturated carbocycles. The van der Waals surface area contributed by atoms with Crippen molar-refractivity contribution in [2.24, 2.45) is 0 Å². The number of unbranched alkanes of at least 4 members (excludes halogenated alkanes) is 2. The Bertz CT molecular complexity index is 564. The van der Waals surface area contributed by atoms with E-state index < -0.39 is 5.82 Å². The van der Waals surface area contributed by atoms with Crippen LogP contribution in [0, 0.1) is 11.6 Å². The minimum Gasteiger partial charge on any atom is -0.381 e. The number of nitrogens with one attached hydrogen (secondary N) is 1. The van der Waals surface area contributed by atoms with Crippen LogP contribution in [0.5, 0.6) is 0 Å². The van der Waals surface area contributed by atoms with Crippen molar-refractivity contribution in [3.8, 4) is 0 Å². The van der Waals surface area contributed by atoms with Gasteiger partial charge in [-0.05, 0) is 48.7 Å². The van der Waals surface area contributed by atoms with Crippen LogP contribution in [0.2, 0.25) is 0 Å². The van der Waals surface area contributed by atoms with Crippen molar-refractivity contribution < 1.29 is 8.78 Å². The van der Waals surface area contributed by atoms with Gasteiger partial charge in [-0.3, -0.25) is 0 Å². The van der Waals surface area contributed by atoms with Gasteiger partial charge in [-0.2, -0.15) is 0 Å². The largest absolute Gasteiger partial charge is 0.381 e. The summed E-state index contributed by atoms with van der Waals surface area (Å²) >= 11 is 0. The van der Waals surface area contributed by atoms with Gasteiger partial charge in [0.1, 0.15) is 11.6 Å². The highest BCUT2D eigenvalue weighted by Crippen LogP contribution is 2.15. The van der Waals surface area contributed by atoms with Crippen LogP contribution in [0.15, 0.2) is 42.5 Å². The Morgan fingerprint density at radius 2 is 1.71 bits per heavy atom. The summed E-state index contributed by atoms with van der Waals surface area (Å²) in [6, 6.07) is 11.6. The van der Waals surface area contributed by atoms with E-state index in [1.54, 1.807) is 0 Å². The molecule has 0 atom stereocenters. The lowest BCUT2D eigenvalue weighted by molar-refractivity contribution is 0.587. The van der Waals surface area contributed by atoms with Crippen LogP contribution < -0.4 is 5.32 Å². The fourth-order valence-corrected chi connectivity index (χ4v) is 2.24. The molecule has 0 aliphatic carbocycles. The second-order valence-electron chi connectivity index (χ2n) is 5.24. The molecule has 0 radical (unpaired) electrons. The molecular formula is C18H21F2N. The Kier molecular flexibility index (Phi) is 5.73. The lowest BCUT2D eigenvalue weighted by Crippen LogP contribution is -2.02. The predicted octanol–water partition coefficient (Wildman–Crippen LogP) is 5.31. The molecule has 0 unspecified atom stereocenters. The molecule has 0 fully saturated rings. The number of hydrogen-bond acceptors (Lipinski definition) is 1. The zero-order valence-electron chi connectivity index (χ0n) is 12.3. The number of rotatable bonds is 7. The maximum Gasteiger partial charge on any atom is 0.128 e. The Morgan fingerprint density at radius 1 is 0.952 bits per heavy atom. The summed E-state index contributed by atoms with van der Waals surface area (Å²) in [5, 5.41) is 3.12. The van der Waals surface area contributed by atoms with Crippen molar-refractivity contribution in [2.75, 3.05) is 5.32 Å². The molecule has 0 aliphatic heterocycles. The first-order valence-electron chi connectivity index (χ1n) is 7.46. The van der Waals surface area contributed by atoms with Gasteiger partial charge in [0, 0.05) is 17.8 Å². The van der Waals surface area contributed by atoms with E-state index in [1.807, 2.05) is 12.1 Å². The van der Waals surface area contributed by atoms with E-state index in [0.29, 0.717) is 5.56 Å². The summed E-state index contributed by atoms with van der Waals surface area (Å²) in [4.78, 5) is 0. The predicted molar refractivity (Wildman–Crippen MR) is 83.4 cm³/mol. The minimum absolute atomic E-state index is 0.277. The molecule has 0 amide bonds. The Balaban J connectivity index is 1.90. The van der Waals surface area contributed by atoms with Gasteiger partial charge in [0.15, 0.2) is 0 Å². The van der Waals surface area contributed by atoms with E-state index in [0.717, 1.165) is 24.2 Å². The third-order valence-corrected chi connectivity index (χ3v) is 3.51. The molecule has 112 valence electrons. The lowest BCUT2D eigenvalue weighted by atomic mass is 10.1. The van der Waals surface area contributed by atoms with Crippen molar-refractivity contribution in [1.29, 1.82) is 0 Å². The third-order valence-electron chi connectivity index (χ3n) is 3.51. The molecule has 2 rings (SSSR count). The van der Waals surface area contributed by atoms with Gasteiger partial charge in [-0.1, -0.05) is 31.9 Å². The average molecular weight is 289 g/mol. The molecule has 3 heteroatoms. The van der Waals surface area contributed by atoms with Crippen molar-refractivity contribution >= 4 is 5.69 Å². The number of hydrogen-bond donors (Lipinski definition) is 1. The fourth-order valence-electron chi connectivity index (χ4n) is 2.24. The van der Waals surface area contributed by atoms with Gasteiger partial charge in [0.05, 0.1) is 0 Å². The quantitative estimate of drug-likeness (QED) is 0.681. The van der Waals surface area contributed by atoms with E-state index >= 15 is 0 Å². The first-order chi connectivity index (χ1) is 10.2. The van der Waals surface area contributed by atoms with Gasteiger partial charge in [-0.25, -0.2) is 8.78 Å². The first-order valence-corrected chi connectivity index (χ1v) is 7.46. The number of aryl methyl sites for hydroxylation is 1. The maximum absolute atomic E-state index is 13.5. The number of benzene rings is 2.